The maximum absolute atomic E-state index is 12.0. The Hall–Kier alpha value is -1.27. The minimum Gasteiger partial charge on any atom is -0.480 e. The molecule has 6 heteroatoms. The predicted octanol–water partition coefficient (Wildman–Crippen LogP) is 1.45. The average molecular weight is 314 g/mol. The number of halogens is 1. The van der Waals surface area contributed by atoms with Gasteiger partial charge in [0.05, 0.1) is 13.2 Å². The number of Topliss-reactive ketones (excluding diaryl/α,β-unsaturated/α-hetero) is 1. The highest BCUT2D eigenvalue weighted by Gasteiger charge is 2.47. The van der Waals surface area contributed by atoms with Crippen molar-refractivity contribution in [2.75, 3.05) is 13.2 Å². The van der Waals surface area contributed by atoms with Crippen LogP contribution in [-0.2, 0) is 20.7 Å². The van der Waals surface area contributed by atoms with Crippen LogP contribution in [0.5, 0.6) is 0 Å². The quantitative estimate of drug-likeness (QED) is 0.855. The summed E-state index contributed by atoms with van der Waals surface area (Å²) in [7, 11) is 0. The first kappa shape index (κ1) is 13.2. The molecule has 1 saturated heterocycles. The summed E-state index contributed by atoms with van der Waals surface area (Å²) in [6.07, 6.45) is 3.43. The van der Waals surface area contributed by atoms with E-state index in [1.54, 1.807) is 18.5 Å². The standard InChI is InChI=1S/C12H12BrNO4/c13-9-3-8(5-14-6-9)4-12(11(16)17)7-18-2-1-10(12)15/h3,5-6H,1-2,4,7H2,(H,16,17). The van der Waals surface area contributed by atoms with Crippen molar-refractivity contribution >= 4 is 27.7 Å². The molecule has 1 aromatic heterocycles. The van der Waals surface area contributed by atoms with Gasteiger partial charge in [-0.25, -0.2) is 0 Å². The molecular formula is C12H12BrNO4. The summed E-state index contributed by atoms with van der Waals surface area (Å²) in [5.74, 6) is -1.41. The van der Waals surface area contributed by atoms with Crippen LogP contribution in [0.4, 0.5) is 0 Å². The lowest BCUT2D eigenvalue weighted by atomic mass is 9.76. The van der Waals surface area contributed by atoms with Gasteiger partial charge >= 0.3 is 5.97 Å². The van der Waals surface area contributed by atoms with Crippen molar-refractivity contribution in [3.63, 3.8) is 0 Å². The van der Waals surface area contributed by atoms with Gasteiger partial charge in [0, 0.05) is 23.3 Å². The highest BCUT2D eigenvalue weighted by Crippen LogP contribution is 2.30. The van der Waals surface area contributed by atoms with Gasteiger partial charge in [0.2, 0.25) is 0 Å². The zero-order valence-electron chi connectivity index (χ0n) is 9.56. The van der Waals surface area contributed by atoms with Gasteiger partial charge in [0.25, 0.3) is 0 Å². The first-order chi connectivity index (χ1) is 8.54. The van der Waals surface area contributed by atoms with Crippen molar-refractivity contribution < 1.29 is 19.4 Å². The number of hydrogen-bond acceptors (Lipinski definition) is 4. The summed E-state index contributed by atoms with van der Waals surface area (Å²) in [4.78, 5) is 27.4. The maximum atomic E-state index is 12.0. The number of pyridine rings is 1. The Morgan fingerprint density at radius 2 is 2.33 bits per heavy atom. The number of carboxylic acid groups (broad SMARTS) is 1. The highest BCUT2D eigenvalue weighted by molar-refractivity contribution is 9.10. The van der Waals surface area contributed by atoms with Crippen molar-refractivity contribution in [2.45, 2.75) is 12.8 Å². The molecule has 1 aliphatic rings. The minimum atomic E-state index is -1.47. The van der Waals surface area contributed by atoms with Gasteiger partial charge in [-0.05, 0) is 34.0 Å². The van der Waals surface area contributed by atoms with E-state index in [4.69, 9.17) is 4.74 Å². The molecule has 0 aromatic carbocycles. The lowest BCUT2D eigenvalue weighted by Gasteiger charge is -2.31. The zero-order chi connectivity index (χ0) is 13.2. The Bertz CT molecular complexity index is 491. The number of carboxylic acids is 1. The van der Waals surface area contributed by atoms with E-state index in [0.29, 0.717) is 12.2 Å². The maximum Gasteiger partial charge on any atom is 0.319 e. The van der Waals surface area contributed by atoms with Gasteiger partial charge in [0.1, 0.15) is 0 Å². The second-order valence-corrected chi connectivity index (χ2v) is 5.22. The lowest BCUT2D eigenvalue weighted by Crippen LogP contribution is -2.48. The molecule has 1 aliphatic heterocycles. The third-order valence-corrected chi connectivity index (χ3v) is 3.47. The second kappa shape index (κ2) is 5.16. The van der Waals surface area contributed by atoms with Crippen LogP contribution in [0, 0.1) is 5.41 Å². The van der Waals surface area contributed by atoms with Crippen molar-refractivity contribution in [1.29, 1.82) is 0 Å². The van der Waals surface area contributed by atoms with Gasteiger partial charge < -0.3 is 9.84 Å². The number of carbonyl (C=O) groups excluding carboxylic acids is 1. The van der Waals surface area contributed by atoms with E-state index in [2.05, 4.69) is 20.9 Å². The van der Waals surface area contributed by atoms with E-state index >= 15 is 0 Å². The van der Waals surface area contributed by atoms with Crippen LogP contribution in [0.2, 0.25) is 0 Å². The zero-order valence-corrected chi connectivity index (χ0v) is 11.1. The Labute approximate surface area is 112 Å². The molecule has 2 rings (SSSR count). The SMILES string of the molecule is O=C(O)C1(Cc2cncc(Br)c2)COCCC1=O. The van der Waals surface area contributed by atoms with Crippen LogP contribution in [0.1, 0.15) is 12.0 Å². The smallest absolute Gasteiger partial charge is 0.319 e. The fourth-order valence-corrected chi connectivity index (χ4v) is 2.45. The Morgan fingerprint density at radius 1 is 1.56 bits per heavy atom. The molecule has 1 unspecified atom stereocenters. The summed E-state index contributed by atoms with van der Waals surface area (Å²) < 4.78 is 5.94. The number of nitrogens with zero attached hydrogens (tertiary/aromatic N) is 1. The van der Waals surface area contributed by atoms with Gasteiger partial charge in [-0.1, -0.05) is 0 Å². The van der Waals surface area contributed by atoms with E-state index in [-0.39, 0.29) is 25.2 Å². The molecule has 1 atom stereocenters. The molecule has 96 valence electrons. The van der Waals surface area contributed by atoms with Crippen LogP contribution < -0.4 is 0 Å². The molecular weight excluding hydrogens is 302 g/mol. The van der Waals surface area contributed by atoms with E-state index in [0.717, 1.165) is 4.47 Å². The van der Waals surface area contributed by atoms with Crippen molar-refractivity contribution in [1.82, 2.24) is 4.98 Å². The number of rotatable bonds is 3. The lowest BCUT2D eigenvalue weighted by molar-refractivity contribution is -0.164. The van der Waals surface area contributed by atoms with Crippen molar-refractivity contribution in [2.24, 2.45) is 5.41 Å². The predicted molar refractivity (Wildman–Crippen MR) is 66.2 cm³/mol. The number of ketones is 1. The molecule has 0 amide bonds. The van der Waals surface area contributed by atoms with Crippen molar-refractivity contribution in [3.05, 3.63) is 28.5 Å². The highest BCUT2D eigenvalue weighted by atomic mass is 79.9. The van der Waals surface area contributed by atoms with Crippen LogP contribution in [0.25, 0.3) is 0 Å². The van der Waals surface area contributed by atoms with Crippen LogP contribution in [-0.4, -0.2) is 35.1 Å². The van der Waals surface area contributed by atoms with Crippen LogP contribution in [0.3, 0.4) is 0 Å². The summed E-state index contributed by atoms with van der Waals surface area (Å²) in [5, 5.41) is 9.36. The molecule has 5 nitrogen and oxygen atoms in total. The number of aliphatic carboxylic acids is 1. The molecule has 2 heterocycles. The Kier molecular flexibility index (Phi) is 3.77. The third kappa shape index (κ3) is 2.44. The minimum absolute atomic E-state index is 0.0757. The van der Waals surface area contributed by atoms with E-state index in [1.807, 2.05) is 0 Å². The Morgan fingerprint density at radius 3 is 2.94 bits per heavy atom. The molecule has 18 heavy (non-hydrogen) atoms. The third-order valence-electron chi connectivity index (χ3n) is 3.03. The summed E-state index contributed by atoms with van der Waals surface area (Å²) in [6, 6.07) is 1.76. The first-order valence-corrected chi connectivity index (χ1v) is 6.28. The molecule has 0 radical (unpaired) electrons. The van der Waals surface area contributed by atoms with E-state index in [9.17, 15) is 14.7 Å². The van der Waals surface area contributed by atoms with Crippen molar-refractivity contribution in [3.8, 4) is 0 Å². The number of hydrogen-bond donors (Lipinski definition) is 1. The van der Waals surface area contributed by atoms with Crippen LogP contribution in [0.15, 0.2) is 22.9 Å². The van der Waals surface area contributed by atoms with Gasteiger partial charge in [-0.15, -0.1) is 0 Å². The van der Waals surface area contributed by atoms with E-state index in [1.165, 1.54) is 0 Å². The van der Waals surface area contributed by atoms with Gasteiger partial charge in [-0.3, -0.25) is 14.6 Å². The molecule has 1 N–H and O–H groups in total. The monoisotopic (exact) mass is 313 g/mol. The molecule has 0 spiro atoms. The Balaban J connectivity index is 2.31. The number of carbonyl (C=O) groups is 2. The van der Waals surface area contributed by atoms with Gasteiger partial charge in [-0.2, -0.15) is 0 Å². The molecule has 0 aliphatic carbocycles. The summed E-state index contributed by atoms with van der Waals surface area (Å²) in [6.45, 7) is 0.221. The number of aromatic nitrogens is 1. The fraction of sp³-hybridized carbons (Fsp3) is 0.417. The van der Waals surface area contributed by atoms with Gasteiger partial charge in [0.15, 0.2) is 11.2 Å². The molecule has 0 saturated carbocycles. The average Bonchev–Trinajstić information content (AvgIpc) is 2.32. The molecule has 1 aromatic rings. The summed E-state index contributed by atoms with van der Waals surface area (Å²) >= 11 is 3.27. The molecule has 1 fully saturated rings. The topological polar surface area (TPSA) is 76.5 Å². The van der Waals surface area contributed by atoms with E-state index < -0.39 is 11.4 Å². The normalized spacial score (nSPS) is 23.9. The van der Waals surface area contributed by atoms with Crippen LogP contribution >= 0.6 is 15.9 Å². The number of ether oxygens (including phenoxy) is 1. The second-order valence-electron chi connectivity index (χ2n) is 4.30. The fourth-order valence-electron chi connectivity index (χ4n) is 2.04. The largest absolute Gasteiger partial charge is 0.480 e. The first-order valence-electron chi connectivity index (χ1n) is 5.48. The summed E-state index contributed by atoms with van der Waals surface area (Å²) in [5.41, 5.74) is -0.772. The molecule has 0 bridgehead atoms.